The molecule has 2 amide bonds. The third kappa shape index (κ3) is 6.73. The van der Waals surface area contributed by atoms with Crippen molar-refractivity contribution in [1.29, 1.82) is 0 Å². The number of hydrogen-bond donors (Lipinski definition) is 2. The van der Waals surface area contributed by atoms with Gasteiger partial charge in [0.2, 0.25) is 0 Å². The average molecular weight is 769 g/mol. The van der Waals surface area contributed by atoms with Crippen LogP contribution in [-0.4, -0.2) is 92.0 Å². The van der Waals surface area contributed by atoms with Crippen LogP contribution in [0.15, 0.2) is 36.4 Å². The van der Waals surface area contributed by atoms with Crippen LogP contribution < -0.4 is 9.80 Å². The molecule has 2 aromatic carbocycles. The van der Waals surface area contributed by atoms with Crippen LogP contribution >= 0.6 is 22.7 Å². The molecule has 12 nitrogen and oxygen atoms in total. The Morgan fingerprint density at radius 1 is 0.648 bits per heavy atom. The van der Waals surface area contributed by atoms with E-state index in [4.69, 9.17) is 0 Å². The molecule has 6 heterocycles. The number of hydrogen-bond acceptors (Lipinski definition) is 10. The highest BCUT2D eigenvalue weighted by atomic mass is 32.1. The number of carbonyl (C=O) groups is 4. The lowest BCUT2D eigenvalue weighted by Gasteiger charge is -2.32. The van der Waals surface area contributed by atoms with Crippen LogP contribution in [0.5, 0.6) is 0 Å². The molecule has 2 saturated heterocycles. The SMILES string of the molecule is Cc1nc(C(=O)N2CCc3c(-c4cccc5c4CCN5C(=O)c4nc(C)c(CN5CCCC[C@H]5C(=O)O)s4)cccc32)sc1CN1CCCC[C@H]1C(=O)O. The van der Waals surface area contributed by atoms with E-state index in [1.54, 1.807) is 0 Å². The smallest absolute Gasteiger partial charge is 0.320 e. The predicted molar refractivity (Wildman–Crippen MR) is 208 cm³/mol. The number of aliphatic carboxylic acids is 2. The van der Waals surface area contributed by atoms with Gasteiger partial charge in [-0.05, 0) is 99.8 Å². The van der Waals surface area contributed by atoms with Crippen LogP contribution in [0.4, 0.5) is 11.4 Å². The first-order chi connectivity index (χ1) is 26.1. The van der Waals surface area contributed by atoms with Crippen LogP contribution in [-0.2, 0) is 35.5 Å². The van der Waals surface area contributed by atoms with Gasteiger partial charge in [-0.2, -0.15) is 0 Å². The molecule has 2 N–H and O–H groups in total. The van der Waals surface area contributed by atoms with Crippen molar-refractivity contribution >= 4 is 57.8 Å². The second-order valence-electron chi connectivity index (χ2n) is 14.7. The molecule has 0 aliphatic carbocycles. The van der Waals surface area contributed by atoms with Gasteiger partial charge in [0, 0.05) is 47.3 Å². The summed E-state index contributed by atoms with van der Waals surface area (Å²) in [5, 5.41) is 20.3. The third-order valence-corrected chi connectivity index (χ3v) is 13.7. The second-order valence-corrected chi connectivity index (χ2v) is 16.9. The van der Waals surface area contributed by atoms with Crippen molar-refractivity contribution in [3.8, 4) is 11.1 Å². The second kappa shape index (κ2) is 15.0. The molecule has 4 aromatic rings. The van der Waals surface area contributed by atoms with Crippen molar-refractivity contribution in [3.05, 3.63) is 78.7 Å². The van der Waals surface area contributed by atoms with Gasteiger partial charge < -0.3 is 20.0 Å². The maximum Gasteiger partial charge on any atom is 0.320 e. The maximum absolute atomic E-state index is 14.0. The summed E-state index contributed by atoms with van der Waals surface area (Å²) in [7, 11) is 0. The molecule has 0 spiro atoms. The Morgan fingerprint density at radius 2 is 1.07 bits per heavy atom. The van der Waals surface area contributed by atoms with E-state index in [1.165, 1.54) is 22.7 Å². The lowest BCUT2D eigenvalue weighted by atomic mass is 9.93. The molecule has 4 aliphatic rings. The van der Waals surface area contributed by atoms with Crippen molar-refractivity contribution in [2.75, 3.05) is 36.0 Å². The van der Waals surface area contributed by atoms with Crippen LogP contribution in [0.3, 0.4) is 0 Å². The van der Waals surface area contributed by atoms with Crippen molar-refractivity contribution in [2.45, 2.75) is 90.4 Å². The summed E-state index contributed by atoms with van der Waals surface area (Å²) in [6, 6.07) is 11.1. The summed E-state index contributed by atoms with van der Waals surface area (Å²) < 4.78 is 0. The minimum Gasteiger partial charge on any atom is -0.480 e. The molecule has 2 fully saturated rings. The summed E-state index contributed by atoms with van der Waals surface area (Å²) in [6.45, 7) is 7.23. The molecule has 282 valence electrons. The highest BCUT2D eigenvalue weighted by molar-refractivity contribution is 7.14. The van der Waals surface area contributed by atoms with Crippen LogP contribution in [0.25, 0.3) is 11.1 Å². The predicted octanol–water partition coefficient (Wildman–Crippen LogP) is 6.17. The zero-order valence-electron chi connectivity index (χ0n) is 30.5. The van der Waals surface area contributed by atoms with Gasteiger partial charge in [0.15, 0.2) is 10.0 Å². The van der Waals surface area contributed by atoms with E-state index in [-0.39, 0.29) is 11.8 Å². The van der Waals surface area contributed by atoms with Gasteiger partial charge in [0.1, 0.15) is 12.1 Å². The Bertz CT molecular complexity index is 2000. The average Bonchev–Trinajstić information content (AvgIpc) is 3.97. The Kier molecular flexibility index (Phi) is 10.1. The number of amides is 2. The maximum atomic E-state index is 14.0. The molecule has 0 bridgehead atoms. The number of thiazole rings is 2. The first-order valence-electron chi connectivity index (χ1n) is 18.8. The Balaban J connectivity index is 1.01. The van der Waals surface area contributed by atoms with Crippen molar-refractivity contribution < 1.29 is 29.4 Å². The standard InChI is InChI=1S/C40H44N6O6S2/c1-23-33(21-43-17-5-3-11-31(43)39(49)50)53-35(41-23)37(47)45-19-15-27-25(9-7-13-29(27)45)26-10-8-14-30-28(26)16-20-46(30)38(48)36-42-24(2)34(54-36)22-44-18-6-4-12-32(44)40(51)52/h7-10,13-14,31-32H,3-6,11-12,15-22H2,1-2H3,(H,49,50)(H,51,52)/t31-,32-/m0/s1. The highest BCUT2D eigenvalue weighted by Gasteiger charge is 2.35. The number of carboxylic acid groups (broad SMARTS) is 2. The number of carbonyl (C=O) groups excluding carboxylic acids is 2. The lowest BCUT2D eigenvalue weighted by Crippen LogP contribution is -2.43. The molecule has 2 aromatic heterocycles. The minimum atomic E-state index is -0.800. The fraction of sp³-hybridized carbons (Fsp3) is 0.450. The summed E-state index contributed by atoms with van der Waals surface area (Å²) in [5.41, 5.74) is 7.55. The number of anilines is 2. The molecule has 54 heavy (non-hydrogen) atoms. The van der Waals surface area contributed by atoms with Crippen molar-refractivity contribution in [3.63, 3.8) is 0 Å². The van der Waals surface area contributed by atoms with Crippen molar-refractivity contribution in [1.82, 2.24) is 19.8 Å². The fourth-order valence-electron chi connectivity index (χ4n) is 8.65. The van der Waals surface area contributed by atoms with Gasteiger partial charge in [0.05, 0.1) is 11.4 Å². The van der Waals surface area contributed by atoms with Crippen molar-refractivity contribution in [2.24, 2.45) is 0 Å². The number of nitrogens with zero attached hydrogens (tertiary/aromatic N) is 6. The molecular formula is C40H44N6O6S2. The van der Waals surface area contributed by atoms with E-state index in [0.717, 1.165) is 93.5 Å². The van der Waals surface area contributed by atoms with Crippen LogP contribution in [0.1, 0.15) is 90.4 Å². The van der Waals surface area contributed by atoms with Gasteiger partial charge >= 0.3 is 11.9 Å². The Morgan fingerprint density at radius 3 is 1.48 bits per heavy atom. The first-order valence-corrected chi connectivity index (χ1v) is 20.5. The van der Waals surface area contributed by atoms with E-state index >= 15 is 0 Å². The number of fused-ring (bicyclic) bond motifs is 2. The number of rotatable bonds is 9. The molecule has 4 aliphatic heterocycles. The molecule has 0 radical (unpaired) electrons. The number of aromatic nitrogens is 2. The van der Waals surface area contributed by atoms with E-state index < -0.39 is 24.0 Å². The van der Waals surface area contributed by atoms with Crippen LogP contribution in [0, 0.1) is 13.8 Å². The lowest BCUT2D eigenvalue weighted by molar-refractivity contribution is -0.145. The zero-order valence-corrected chi connectivity index (χ0v) is 32.2. The van der Waals surface area contributed by atoms with E-state index in [2.05, 4.69) is 22.1 Å². The number of piperidine rings is 2. The monoisotopic (exact) mass is 768 g/mol. The molecule has 2 atom stereocenters. The number of benzene rings is 2. The summed E-state index contributed by atoms with van der Waals surface area (Å²) in [6.07, 6.45) is 6.38. The number of aryl methyl sites for hydroxylation is 2. The van der Waals surface area contributed by atoms with Crippen LogP contribution in [0.2, 0.25) is 0 Å². The topological polar surface area (TPSA) is 147 Å². The molecule has 0 unspecified atom stereocenters. The summed E-state index contributed by atoms with van der Waals surface area (Å²) in [4.78, 5) is 70.6. The minimum absolute atomic E-state index is 0.148. The van der Waals surface area contributed by atoms with E-state index in [1.807, 2.05) is 57.7 Å². The highest BCUT2D eigenvalue weighted by Crippen LogP contribution is 2.43. The Hall–Kier alpha value is -4.50. The van der Waals surface area contributed by atoms with E-state index in [0.29, 0.717) is 61.9 Å². The van der Waals surface area contributed by atoms with E-state index in [9.17, 15) is 29.4 Å². The zero-order chi connectivity index (χ0) is 37.7. The summed E-state index contributed by atoms with van der Waals surface area (Å²) in [5.74, 6) is -1.89. The summed E-state index contributed by atoms with van der Waals surface area (Å²) >= 11 is 2.72. The Labute approximate surface area is 322 Å². The quantitative estimate of drug-likeness (QED) is 0.203. The third-order valence-electron chi connectivity index (χ3n) is 11.5. The normalized spacial score (nSPS) is 20.3. The van der Waals surface area contributed by atoms with Gasteiger partial charge in [-0.25, -0.2) is 9.97 Å². The number of likely N-dealkylation sites (tertiary alicyclic amines) is 2. The largest absolute Gasteiger partial charge is 0.480 e. The van der Waals surface area contributed by atoms with Gasteiger partial charge in [-0.3, -0.25) is 29.0 Å². The molecule has 0 saturated carbocycles. The van der Waals surface area contributed by atoms with Gasteiger partial charge in [-0.15, -0.1) is 22.7 Å². The van der Waals surface area contributed by atoms with Gasteiger partial charge in [-0.1, -0.05) is 37.1 Å². The fourth-order valence-corrected chi connectivity index (χ4v) is 10.7. The number of carboxylic acids is 2. The van der Waals surface area contributed by atoms with Gasteiger partial charge in [0.25, 0.3) is 11.8 Å². The molecule has 8 rings (SSSR count). The molecular weight excluding hydrogens is 725 g/mol. The first kappa shape index (κ1) is 36.5. The molecule has 14 heteroatoms.